The van der Waals surface area contributed by atoms with Gasteiger partial charge in [0.05, 0.1) is 10.6 Å². The van der Waals surface area contributed by atoms with E-state index in [2.05, 4.69) is 21.2 Å². The van der Waals surface area contributed by atoms with Crippen LogP contribution in [0, 0.1) is 26.7 Å². The Bertz CT molecular complexity index is 1760. The molecule has 46 heavy (non-hydrogen) atoms. The summed E-state index contributed by atoms with van der Waals surface area (Å²) in [7, 11) is -4.17. The number of benzene rings is 4. The first kappa shape index (κ1) is 34.9. The number of rotatable bonds is 13. The summed E-state index contributed by atoms with van der Waals surface area (Å²) in [5.74, 6) is -0.576. The van der Waals surface area contributed by atoms with Crippen molar-refractivity contribution in [3.05, 3.63) is 129 Å². The molecule has 1 atom stereocenters. The maximum atomic E-state index is 14.6. The van der Waals surface area contributed by atoms with Gasteiger partial charge in [0.25, 0.3) is 10.0 Å². The summed E-state index contributed by atoms with van der Waals surface area (Å²) in [6.07, 6.45) is 0.263. The first-order valence-corrected chi connectivity index (χ1v) is 17.6. The van der Waals surface area contributed by atoms with Gasteiger partial charge in [-0.3, -0.25) is 13.9 Å². The number of amides is 2. The zero-order chi connectivity index (χ0) is 33.4. The quantitative estimate of drug-likeness (QED) is 0.163. The number of carbonyl (C=O) groups excluding carboxylic acids is 2. The van der Waals surface area contributed by atoms with Crippen molar-refractivity contribution in [2.75, 3.05) is 17.4 Å². The van der Waals surface area contributed by atoms with Gasteiger partial charge in [0.2, 0.25) is 11.8 Å². The van der Waals surface area contributed by atoms with E-state index in [0.717, 1.165) is 26.7 Å². The molecule has 0 aliphatic carbocycles. The monoisotopic (exact) mass is 703 g/mol. The van der Waals surface area contributed by atoms with Gasteiger partial charge in [-0.25, -0.2) is 8.42 Å². The summed E-state index contributed by atoms with van der Waals surface area (Å²) in [6, 6.07) is 28.4. The van der Waals surface area contributed by atoms with Crippen molar-refractivity contribution in [3.8, 4) is 0 Å². The van der Waals surface area contributed by atoms with E-state index < -0.39 is 28.5 Å². The smallest absolute Gasteiger partial charge is 0.264 e. The Hall–Kier alpha value is -3.95. The fraction of sp³-hybridized carbons (Fsp3) is 0.297. The van der Waals surface area contributed by atoms with Crippen LogP contribution in [0.2, 0.25) is 0 Å². The summed E-state index contributed by atoms with van der Waals surface area (Å²) >= 11 is 3.52. The molecule has 0 saturated heterocycles. The Balaban J connectivity index is 1.83. The van der Waals surface area contributed by atoms with Crippen LogP contribution in [0.1, 0.15) is 41.7 Å². The van der Waals surface area contributed by atoms with Crippen molar-refractivity contribution in [2.24, 2.45) is 5.92 Å². The second-order valence-electron chi connectivity index (χ2n) is 12.1. The van der Waals surface area contributed by atoms with Gasteiger partial charge in [-0.1, -0.05) is 102 Å². The van der Waals surface area contributed by atoms with Gasteiger partial charge in [-0.15, -0.1) is 0 Å². The molecule has 4 aromatic carbocycles. The van der Waals surface area contributed by atoms with E-state index in [9.17, 15) is 18.0 Å². The largest absolute Gasteiger partial charge is 0.354 e. The van der Waals surface area contributed by atoms with Crippen molar-refractivity contribution in [1.29, 1.82) is 0 Å². The Morgan fingerprint density at radius 2 is 1.46 bits per heavy atom. The Labute approximate surface area is 281 Å². The van der Waals surface area contributed by atoms with E-state index in [1.54, 1.807) is 30.3 Å². The molecule has 2 amide bonds. The van der Waals surface area contributed by atoms with Crippen LogP contribution >= 0.6 is 15.9 Å². The molecule has 242 valence electrons. The number of nitrogens with zero attached hydrogens (tertiary/aromatic N) is 2. The molecule has 0 saturated carbocycles. The minimum Gasteiger partial charge on any atom is -0.354 e. The second-order valence-corrected chi connectivity index (χ2v) is 14.9. The number of hydrogen-bond acceptors (Lipinski definition) is 4. The number of anilines is 1. The van der Waals surface area contributed by atoms with Crippen LogP contribution in [0.25, 0.3) is 0 Å². The first-order chi connectivity index (χ1) is 21.8. The Morgan fingerprint density at radius 3 is 2.11 bits per heavy atom. The maximum absolute atomic E-state index is 14.6. The van der Waals surface area contributed by atoms with Gasteiger partial charge in [-0.2, -0.15) is 0 Å². The predicted octanol–water partition coefficient (Wildman–Crippen LogP) is 6.98. The molecule has 4 rings (SSSR count). The van der Waals surface area contributed by atoms with Crippen LogP contribution in [0.5, 0.6) is 0 Å². The van der Waals surface area contributed by atoms with Gasteiger partial charge in [0, 0.05) is 24.0 Å². The van der Waals surface area contributed by atoms with Crippen LogP contribution in [0.4, 0.5) is 5.69 Å². The zero-order valence-corrected chi connectivity index (χ0v) is 29.4. The van der Waals surface area contributed by atoms with E-state index in [1.807, 2.05) is 101 Å². The normalized spacial score (nSPS) is 12.1. The van der Waals surface area contributed by atoms with Gasteiger partial charge >= 0.3 is 0 Å². The highest BCUT2D eigenvalue weighted by Crippen LogP contribution is 2.29. The molecule has 0 unspecified atom stereocenters. The van der Waals surface area contributed by atoms with E-state index in [4.69, 9.17) is 0 Å². The fourth-order valence-electron chi connectivity index (χ4n) is 5.15. The molecule has 7 nitrogen and oxygen atoms in total. The topological polar surface area (TPSA) is 86.8 Å². The number of aryl methyl sites for hydroxylation is 3. The maximum Gasteiger partial charge on any atom is 0.264 e. The average Bonchev–Trinajstić information content (AvgIpc) is 3.02. The molecule has 9 heteroatoms. The minimum absolute atomic E-state index is 0.0841. The summed E-state index contributed by atoms with van der Waals surface area (Å²) in [5, 5.41) is 3.02. The average molecular weight is 705 g/mol. The van der Waals surface area contributed by atoms with Crippen molar-refractivity contribution >= 4 is 43.5 Å². The third-order valence-electron chi connectivity index (χ3n) is 7.72. The summed E-state index contributed by atoms with van der Waals surface area (Å²) in [6.45, 7) is 9.68. The molecule has 1 N–H and O–H groups in total. The molecule has 0 aromatic heterocycles. The lowest BCUT2D eigenvalue weighted by atomic mass is 10.0. The summed E-state index contributed by atoms with van der Waals surface area (Å²) in [4.78, 5) is 30.2. The van der Waals surface area contributed by atoms with E-state index in [-0.39, 0.29) is 29.7 Å². The van der Waals surface area contributed by atoms with E-state index in [1.165, 1.54) is 9.21 Å². The van der Waals surface area contributed by atoms with Gasteiger partial charge < -0.3 is 10.2 Å². The van der Waals surface area contributed by atoms with Crippen molar-refractivity contribution in [1.82, 2.24) is 10.2 Å². The Morgan fingerprint density at radius 1 is 0.804 bits per heavy atom. The number of halogens is 1. The summed E-state index contributed by atoms with van der Waals surface area (Å²) < 4.78 is 30.6. The van der Waals surface area contributed by atoms with Crippen molar-refractivity contribution < 1.29 is 18.0 Å². The highest BCUT2D eigenvalue weighted by atomic mass is 79.9. The van der Waals surface area contributed by atoms with Crippen LogP contribution in [-0.2, 0) is 32.6 Å². The third-order valence-corrected chi connectivity index (χ3v) is 9.99. The van der Waals surface area contributed by atoms with Crippen LogP contribution < -0.4 is 9.62 Å². The molecule has 0 heterocycles. The molecular formula is C37H42BrN3O4S. The highest BCUT2D eigenvalue weighted by Gasteiger charge is 2.35. The first-order valence-electron chi connectivity index (χ1n) is 15.4. The molecular weight excluding hydrogens is 662 g/mol. The minimum atomic E-state index is -4.17. The SMILES string of the molecule is Cc1ccc(S(=O)(=O)N(CC(=O)N(Cc2cccc(Br)c2)[C@@H](Cc2ccccc2)C(=O)NCC(C)C)c2cc(C)ccc2C)cc1. The molecule has 4 aromatic rings. The zero-order valence-electron chi connectivity index (χ0n) is 27.0. The van der Waals surface area contributed by atoms with Crippen LogP contribution in [0.3, 0.4) is 0 Å². The van der Waals surface area contributed by atoms with E-state index >= 15 is 0 Å². The molecule has 0 aliphatic heterocycles. The highest BCUT2D eigenvalue weighted by molar-refractivity contribution is 9.10. The number of sulfonamides is 1. The molecule has 0 radical (unpaired) electrons. The fourth-order valence-corrected chi connectivity index (χ4v) is 7.06. The number of hydrogen-bond donors (Lipinski definition) is 1. The van der Waals surface area contributed by atoms with Crippen LogP contribution in [0.15, 0.2) is 106 Å². The standard InChI is InChI=1S/C37H42BrN3O4S/c1-26(2)23-39-37(43)35(22-30-10-7-6-8-11-30)40(24-31-12-9-13-32(38)21-31)36(42)25-41(34-20-28(4)14-17-29(34)5)46(44,45)33-18-15-27(3)16-19-33/h6-21,26,35H,22-25H2,1-5H3,(H,39,43)/t35-/m0/s1. The molecule has 0 aliphatic rings. The Kier molecular flexibility index (Phi) is 11.8. The van der Waals surface area contributed by atoms with Crippen molar-refractivity contribution in [2.45, 2.75) is 58.5 Å². The third kappa shape index (κ3) is 9.07. The lowest BCUT2D eigenvalue weighted by molar-refractivity contribution is -0.140. The molecule has 0 spiro atoms. The van der Waals surface area contributed by atoms with Gasteiger partial charge in [0.15, 0.2) is 0 Å². The summed E-state index contributed by atoms with van der Waals surface area (Å²) in [5.41, 5.74) is 4.60. The second kappa shape index (κ2) is 15.6. The lowest BCUT2D eigenvalue weighted by Crippen LogP contribution is -2.53. The van der Waals surface area contributed by atoms with Crippen LogP contribution in [-0.4, -0.2) is 44.3 Å². The van der Waals surface area contributed by atoms with Gasteiger partial charge in [-0.05, 0) is 79.3 Å². The number of nitrogens with one attached hydrogen (secondary N) is 1. The predicted molar refractivity (Wildman–Crippen MR) is 188 cm³/mol. The molecule has 0 bridgehead atoms. The van der Waals surface area contributed by atoms with E-state index in [0.29, 0.717) is 17.8 Å². The van der Waals surface area contributed by atoms with Gasteiger partial charge in [0.1, 0.15) is 12.6 Å². The van der Waals surface area contributed by atoms with Crippen molar-refractivity contribution in [3.63, 3.8) is 0 Å². The molecule has 0 fully saturated rings. The number of carbonyl (C=O) groups is 2. The lowest BCUT2D eigenvalue weighted by Gasteiger charge is -2.34.